The lowest BCUT2D eigenvalue weighted by Crippen LogP contribution is -2.36. The summed E-state index contributed by atoms with van der Waals surface area (Å²) in [5, 5.41) is 3.01. The summed E-state index contributed by atoms with van der Waals surface area (Å²) in [6, 6.07) is 11.8. The maximum Gasteiger partial charge on any atom is 0.258 e. The number of hydrogen-bond acceptors (Lipinski definition) is 4. The standard InChI is InChI=1S/C22H22N2O2S/c1-14-6-11-19(26-3)20-18(14)5-4-12-24(20)22(25)17-9-7-16(8-10-17)21-23-15(2)13-27-21/h6-11,13H,4-5,12H2,1-3H3. The molecule has 0 spiro atoms. The highest BCUT2D eigenvalue weighted by molar-refractivity contribution is 7.13. The third-order valence-electron chi connectivity index (χ3n) is 5.02. The van der Waals surface area contributed by atoms with Crippen LogP contribution in [0.3, 0.4) is 0 Å². The molecule has 138 valence electrons. The van der Waals surface area contributed by atoms with Crippen LogP contribution >= 0.6 is 11.3 Å². The first-order valence-corrected chi connectivity index (χ1v) is 9.97. The molecular formula is C22H22N2O2S. The molecule has 0 saturated heterocycles. The number of amides is 1. The number of benzene rings is 2. The van der Waals surface area contributed by atoms with E-state index in [0.717, 1.165) is 40.5 Å². The minimum atomic E-state index is 0.0155. The molecule has 0 radical (unpaired) electrons. The van der Waals surface area contributed by atoms with Crippen molar-refractivity contribution < 1.29 is 9.53 Å². The lowest BCUT2D eigenvalue weighted by molar-refractivity contribution is 0.0984. The molecule has 2 aromatic carbocycles. The number of carbonyl (C=O) groups is 1. The highest BCUT2D eigenvalue weighted by Crippen LogP contribution is 2.39. The van der Waals surface area contributed by atoms with Crippen molar-refractivity contribution >= 4 is 22.9 Å². The van der Waals surface area contributed by atoms with Gasteiger partial charge in [0.2, 0.25) is 0 Å². The van der Waals surface area contributed by atoms with Crippen molar-refractivity contribution in [1.82, 2.24) is 4.98 Å². The average molecular weight is 378 g/mol. The fourth-order valence-electron chi connectivity index (χ4n) is 3.62. The molecule has 0 aliphatic carbocycles. The van der Waals surface area contributed by atoms with Gasteiger partial charge in [0.25, 0.3) is 5.91 Å². The summed E-state index contributed by atoms with van der Waals surface area (Å²) in [7, 11) is 1.66. The molecule has 1 aliphatic heterocycles. The minimum Gasteiger partial charge on any atom is -0.495 e. The number of rotatable bonds is 3. The summed E-state index contributed by atoms with van der Waals surface area (Å²) >= 11 is 1.62. The molecule has 1 aliphatic rings. The molecule has 0 fully saturated rings. The van der Waals surface area contributed by atoms with E-state index in [1.807, 2.05) is 47.5 Å². The van der Waals surface area contributed by atoms with Gasteiger partial charge in [-0.3, -0.25) is 4.79 Å². The van der Waals surface area contributed by atoms with Crippen molar-refractivity contribution in [2.45, 2.75) is 26.7 Å². The summed E-state index contributed by atoms with van der Waals surface area (Å²) in [6.07, 6.45) is 1.94. The largest absolute Gasteiger partial charge is 0.495 e. The Kier molecular flexibility index (Phi) is 4.70. The SMILES string of the molecule is COc1ccc(C)c2c1N(C(=O)c1ccc(-c3nc(C)cs3)cc1)CCC2. The first-order chi connectivity index (χ1) is 13.1. The maximum atomic E-state index is 13.3. The van der Waals surface area contributed by atoms with E-state index in [1.54, 1.807) is 18.4 Å². The topological polar surface area (TPSA) is 42.4 Å². The zero-order valence-electron chi connectivity index (χ0n) is 15.8. The fraction of sp³-hybridized carbons (Fsp3) is 0.273. The van der Waals surface area contributed by atoms with E-state index >= 15 is 0 Å². The Labute approximate surface area is 163 Å². The Hall–Kier alpha value is -2.66. The molecule has 27 heavy (non-hydrogen) atoms. The van der Waals surface area contributed by atoms with Gasteiger partial charge in [-0.25, -0.2) is 4.98 Å². The molecule has 4 nitrogen and oxygen atoms in total. The molecule has 0 bridgehead atoms. The van der Waals surface area contributed by atoms with E-state index in [1.165, 1.54) is 11.1 Å². The van der Waals surface area contributed by atoms with Gasteiger partial charge < -0.3 is 9.64 Å². The van der Waals surface area contributed by atoms with Gasteiger partial charge in [-0.15, -0.1) is 11.3 Å². The highest BCUT2D eigenvalue weighted by atomic mass is 32.1. The predicted octanol–water partition coefficient (Wildman–Crippen LogP) is 5.03. The van der Waals surface area contributed by atoms with Crippen LogP contribution in [0.1, 0.15) is 33.6 Å². The van der Waals surface area contributed by atoms with E-state index in [2.05, 4.69) is 18.0 Å². The number of carbonyl (C=O) groups excluding carboxylic acids is 1. The summed E-state index contributed by atoms with van der Waals surface area (Å²) in [4.78, 5) is 19.6. The van der Waals surface area contributed by atoms with Crippen molar-refractivity contribution in [1.29, 1.82) is 0 Å². The zero-order valence-corrected chi connectivity index (χ0v) is 16.6. The number of hydrogen-bond donors (Lipinski definition) is 0. The normalized spacial score (nSPS) is 13.4. The predicted molar refractivity (Wildman–Crippen MR) is 110 cm³/mol. The second-order valence-corrected chi connectivity index (χ2v) is 7.70. The van der Waals surface area contributed by atoms with Crippen molar-refractivity contribution in [3.05, 3.63) is 64.2 Å². The third kappa shape index (κ3) is 3.23. The molecule has 1 aromatic heterocycles. The quantitative estimate of drug-likeness (QED) is 0.642. The summed E-state index contributed by atoms with van der Waals surface area (Å²) in [5.41, 5.74) is 6.08. The summed E-state index contributed by atoms with van der Waals surface area (Å²) in [6.45, 7) is 4.79. The molecule has 0 saturated carbocycles. The number of methoxy groups -OCH3 is 1. The van der Waals surface area contributed by atoms with Gasteiger partial charge in [0.15, 0.2) is 0 Å². The monoisotopic (exact) mass is 378 g/mol. The first kappa shape index (κ1) is 17.7. The van der Waals surface area contributed by atoms with Crippen molar-refractivity contribution in [2.24, 2.45) is 0 Å². The van der Waals surface area contributed by atoms with E-state index < -0.39 is 0 Å². The maximum absolute atomic E-state index is 13.3. The van der Waals surface area contributed by atoms with E-state index in [9.17, 15) is 4.79 Å². The van der Waals surface area contributed by atoms with Crippen molar-refractivity contribution in [3.63, 3.8) is 0 Å². The Bertz CT molecular complexity index is 992. The number of fused-ring (bicyclic) bond motifs is 1. The number of ether oxygens (including phenoxy) is 1. The summed E-state index contributed by atoms with van der Waals surface area (Å²) < 4.78 is 5.56. The molecule has 0 unspecified atom stereocenters. The molecule has 5 heteroatoms. The average Bonchev–Trinajstić information content (AvgIpc) is 3.14. The van der Waals surface area contributed by atoms with E-state index in [0.29, 0.717) is 12.1 Å². The number of thiazole rings is 1. The van der Waals surface area contributed by atoms with Crippen LogP contribution in [0.4, 0.5) is 5.69 Å². The van der Waals surface area contributed by atoms with Crippen LogP contribution in [-0.2, 0) is 6.42 Å². The second-order valence-electron chi connectivity index (χ2n) is 6.84. The Morgan fingerprint density at radius 2 is 1.93 bits per heavy atom. The van der Waals surface area contributed by atoms with Crippen molar-refractivity contribution in [2.75, 3.05) is 18.6 Å². The van der Waals surface area contributed by atoms with Gasteiger partial charge in [0.1, 0.15) is 10.8 Å². The van der Waals surface area contributed by atoms with Crippen LogP contribution < -0.4 is 9.64 Å². The van der Waals surface area contributed by atoms with Gasteiger partial charge in [-0.05, 0) is 56.0 Å². The second kappa shape index (κ2) is 7.16. The zero-order chi connectivity index (χ0) is 19.0. The minimum absolute atomic E-state index is 0.0155. The van der Waals surface area contributed by atoms with Gasteiger partial charge in [0.05, 0.1) is 12.8 Å². The van der Waals surface area contributed by atoms with Crippen LogP contribution in [0.25, 0.3) is 10.6 Å². The highest BCUT2D eigenvalue weighted by Gasteiger charge is 2.28. The Morgan fingerprint density at radius 3 is 2.59 bits per heavy atom. The molecule has 4 rings (SSSR count). The molecular weight excluding hydrogens is 356 g/mol. The van der Waals surface area contributed by atoms with Crippen LogP contribution in [0.5, 0.6) is 5.75 Å². The Balaban J connectivity index is 1.67. The Morgan fingerprint density at radius 1 is 1.15 bits per heavy atom. The number of anilines is 1. The number of nitrogens with zero attached hydrogens (tertiary/aromatic N) is 2. The van der Waals surface area contributed by atoms with Crippen LogP contribution in [-0.4, -0.2) is 24.5 Å². The van der Waals surface area contributed by atoms with Crippen LogP contribution in [0.2, 0.25) is 0 Å². The van der Waals surface area contributed by atoms with Gasteiger partial charge in [0, 0.05) is 28.7 Å². The molecule has 2 heterocycles. The van der Waals surface area contributed by atoms with E-state index in [-0.39, 0.29) is 5.91 Å². The van der Waals surface area contributed by atoms with Gasteiger partial charge in [-0.1, -0.05) is 18.2 Å². The smallest absolute Gasteiger partial charge is 0.258 e. The summed E-state index contributed by atoms with van der Waals surface area (Å²) in [5.74, 6) is 0.778. The molecule has 3 aromatic rings. The fourth-order valence-corrected chi connectivity index (χ4v) is 4.42. The lowest BCUT2D eigenvalue weighted by atomic mass is 9.95. The number of aromatic nitrogens is 1. The molecule has 0 atom stereocenters. The van der Waals surface area contributed by atoms with Crippen molar-refractivity contribution in [3.8, 4) is 16.3 Å². The van der Waals surface area contributed by atoms with Crippen LogP contribution in [0, 0.1) is 13.8 Å². The lowest BCUT2D eigenvalue weighted by Gasteiger charge is -2.32. The first-order valence-electron chi connectivity index (χ1n) is 9.09. The number of aryl methyl sites for hydroxylation is 2. The van der Waals surface area contributed by atoms with E-state index in [4.69, 9.17) is 4.74 Å². The van der Waals surface area contributed by atoms with Crippen LogP contribution in [0.15, 0.2) is 41.8 Å². The molecule has 1 amide bonds. The van der Waals surface area contributed by atoms with Gasteiger partial charge in [-0.2, -0.15) is 0 Å². The third-order valence-corrected chi connectivity index (χ3v) is 6.03. The van der Waals surface area contributed by atoms with Gasteiger partial charge >= 0.3 is 0 Å². The molecule has 0 N–H and O–H groups in total.